The fourth-order valence-electron chi connectivity index (χ4n) is 0.907. The summed E-state index contributed by atoms with van der Waals surface area (Å²) in [4.78, 5) is 21.3. The number of aliphatic hydroxyl groups excluding tert-OH is 1. The number of rotatable bonds is 5. The van der Waals surface area contributed by atoms with E-state index in [-0.39, 0.29) is 19.4 Å². The molecule has 1 unspecified atom stereocenters. The first-order valence-electron chi connectivity index (χ1n) is 5.07. The Hall–Kier alpha value is -1.30. The third-order valence-corrected chi connectivity index (χ3v) is 1.57. The lowest BCUT2D eigenvalue weighted by atomic mass is 10.2. The van der Waals surface area contributed by atoms with Crippen LogP contribution in [0.2, 0.25) is 0 Å². The molecule has 94 valence electrons. The highest BCUT2D eigenvalue weighted by molar-refractivity contribution is 5.68. The molecule has 0 radical (unpaired) electrons. The highest BCUT2D eigenvalue weighted by atomic mass is 16.6. The lowest BCUT2D eigenvalue weighted by molar-refractivity contribution is -0.137. The van der Waals surface area contributed by atoms with E-state index in [1.165, 1.54) is 0 Å². The maximum Gasteiger partial charge on any atom is 0.407 e. The second-order valence-electron chi connectivity index (χ2n) is 4.47. The fraction of sp³-hybridized carbons (Fsp3) is 0.800. The molecular weight excluding hydrogens is 214 g/mol. The van der Waals surface area contributed by atoms with Crippen molar-refractivity contribution in [2.24, 2.45) is 0 Å². The predicted octanol–water partition coefficient (Wildman–Crippen LogP) is 0.737. The van der Waals surface area contributed by atoms with Crippen LogP contribution in [0.15, 0.2) is 0 Å². The Morgan fingerprint density at radius 3 is 2.38 bits per heavy atom. The highest BCUT2D eigenvalue weighted by Gasteiger charge is 2.16. The third kappa shape index (κ3) is 9.26. The van der Waals surface area contributed by atoms with E-state index in [0.29, 0.717) is 0 Å². The van der Waals surface area contributed by atoms with Gasteiger partial charge in [-0.3, -0.25) is 4.79 Å². The van der Waals surface area contributed by atoms with Crippen molar-refractivity contribution >= 4 is 12.1 Å². The molecule has 1 amide bonds. The van der Waals surface area contributed by atoms with E-state index in [1.54, 1.807) is 20.8 Å². The van der Waals surface area contributed by atoms with Crippen LogP contribution in [0.4, 0.5) is 4.79 Å². The minimum absolute atomic E-state index is 0.0117. The first kappa shape index (κ1) is 14.7. The van der Waals surface area contributed by atoms with Gasteiger partial charge >= 0.3 is 12.1 Å². The average Bonchev–Trinajstić information content (AvgIpc) is 2.08. The summed E-state index contributed by atoms with van der Waals surface area (Å²) in [5.74, 6) is -0.976. The van der Waals surface area contributed by atoms with Crippen molar-refractivity contribution in [1.29, 1.82) is 0 Å². The summed E-state index contributed by atoms with van der Waals surface area (Å²) in [7, 11) is 0. The van der Waals surface area contributed by atoms with Crippen molar-refractivity contribution in [3.05, 3.63) is 0 Å². The molecule has 0 rings (SSSR count). The summed E-state index contributed by atoms with van der Waals surface area (Å²) in [6, 6.07) is 0. The van der Waals surface area contributed by atoms with Gasteiger partial charge in [0, 0.05) is 13.0 Å². The maximum atomic E-state index is 11.1. The van der Waals surface area contributed by atoms with Gasteiger partial charge in [0.2, 0.25) is 0 Å². The van der Waals surface area contributed by atoms with Gasteiger partial charge < -0.3 is 20.3 Å². The summed E-state index contributed by atoms with van der Waals surface area (Å²) >= 11 is 0. The van der Waals surface area contributed by atoms with E-state index in [9.17, 15) is 14.7 Å². The minimum atomic E-state index is -0.976. The Labute approximate surface area is 94.6 Å². The molecule has 0 bridgehead atoms. The number of carbonyl (C=O) groups is 2. The van der Waals surface area contributed by atoms with Crippen molar-refractivity contribution in [1.82, 2.24) is 5.32 Å². The first-order chi connectivity index (χ1) is 7.20. The van der Waals surface area contributed by atoms with Gasteiger partial charge in [-0.05, 0) is 27.2 Å². The maximum absolute atomic E-state index is 11.1. The van der Waals surface area contributed by atoms with Crippen molar-refractivity contribution in [2.75, 3.05) is 6.54 Å². The molecule has 0 aliphatic carbocycles. The van der Waals surface area contributed by atoms with Gasteiger partial charge in [0.15, 0.2) is 0 Å². The van der Waals surface area contributed by atoms with E-state index in [1.807, 2.05) is 0 Å². The molecule has 0 fully saturated rings. The van der Waals surface area contributed by atoms with E-state index in [2.05, 4.69) is 5.32 Å². The van der Waals surface area contributed by atoms with E-state index >= 15 is 0 Å². The molecule has 0 saturated heterocycles. The fourth-order valence-corrected chi connectivity index (χ4v) is 0.907. The van der Waals surface area contributed by atoms with Crippen LogP contribution in [0.25, 0.3) is 0 Å². The molecule has 6 heteroatoms. The molecular formula is C10H19NO5. The van der Waals surface area contributed by atoms with Crippen LogP contribution in [0.5, 0.6) is 0 Å². The Bertz CT molecular complexity index is 246. The van der Waals surface area contributed by atoms with E-state index < -0.39 is 23.8 Å². The van der Waals surface area contributed by atoms with Crippen molar-refractivity contribution in [2.45, 2.75) is 45.3 Å². The van der Waals surface area contributed by atoms with Crippen LogP contribution >= 0.6 is 0 Å². The summed E-state index contributed by atoms with van der Waals surface area (Å²) in [5, 5.41) is 20.0. The SMILES string of the molecule is CC(C)(C)OC(=O)NCC(O)CCC(=O)O. The van der Waals surface area contributed by atoms with Gasteiger partial charge in [0.25, 0.3) is 0 Å². The summed E-state index contributed by atoms with van der Waals surface area (Å²) in [5.41, 5.74) is -0.587. The molecule has 3 N–H and O–H groups in total. The lowest BCUT2D eigenvalue weighted by Crippen LogP contribution is -2.37. The smallest absolute Gasteiger partial charge is 0.407 e. The van der Waals surface area contributed by atoms with Gasteiger partial charge in [-0.15, -0.1) is 0 Å². The van der Waals surface area contributed by atoms with E-state index in [4.69, 9.17) is 9.84 Å². The van der Waals surface area contributed by atoms with Crippen molar-refractivity contribution < 1.29 is 24.5 Å². The van der Waals surface area contributed by atoms with Crippen molar-refractivity contribution in [3.63, 3.8) is 0 Å². The summed E-state index contributed by atoms with van der Waals surface area (Å²) in [6.07, 6.45) is -1.52. The van der Waals surface area contributed by atoms with Crippen LogP contribution in [-0.2, 0) is 9.53 Å². The molecule has 0 aromatic rings. The standard InChI is InChI=1S/C10H19NO5/c1-10(2,3)16-9(15)11-6-7(12)4-5-8(13)14/h7,12H,4-6H2,1-3H3,(H,11,15)(H,13,14). The third-order valence-electron chi connectivity index (χ3n) is 1.57. The number of aliphatic carboxylic acids is 1. The number of carboxylic acid groups (broad SMARTS) is 1. The molecule has 6 nitrogen and oxygen atoms in total. The minimum Gasteiger partial charge on any atom is -0.481 e. The quantitative estimate of drug-likeness (QED) is 0.650. The first-order valence-corrected chi connectivity index (χ1v) is 5.07. The monoisotopic (exact) mass is 233 g/mol. The summed E-state index contributed by atoms with van der Waals surface area (Å²) < 4.78 is 4.94. The second-order valence-corrected chi connectivity index (χ2v) is 4.47. The number of aliphatic hydroxyl groups is 1. The number of hydrogen-bond donors (Lipinski definition) is 3. The number of amides is 1. The predicted molar refractivity (Wildman–Crippen MR) is 57.1 cm³/mol. The molecule has 16 heavy (non-hydrogen) atoms. The van der Waals surface area contributed by atoms with Crippen LogP contribution in [0.1, 0.15) is 33.6 Å². The van der Waals surface area contributed by atoms with Gasteiger partial charge in [0.1, 0.15) is 5.60 Å². The normalized spacial score (nSPS) is 13.0. The van der Waals surface area contributed by atoms with Gasteiger partial charge in [0.05, 0.1) is 6.10 Å². The molecule has 1 atom stereocenters. The summed E-state index contributed by atoms with van der Waals surface area (Å²) in [6.45, 7) is 5.18. The average molecular weight is 233 g/mol. The molecule has 0 aromatic carbocycles. The van der Waals surface area contributed by atoms with Crippen molar-refractivity contribution in [3.8, 4) is 0 Å². The van der Waals surface area contributed by atoms with Crippen LogP contribution in [-0.4, -0.2) is 40.5 Å². The Kier molecular flexibility index (Phi) is 5.81. The van der Waals surface area contributed by atoms with Crippen LogP contribution < -0.4 is 5.32 Å². The number of ether oxygens (including phenoxy) is 1. The topological polar surface area (TPSA) is 95.9 Å². The van der Waals surface area contributed by atoms with Crippen LogP contribution in [0.3, 0.4) is 0 Å². The number of carboxylic acids is 1. The molecule has 0 saturated carbocycles. The largest absolute Gasteiger partial charge is 0.481 e. The molecule has 0 aliphatic rings. The number of alkyl carbamates (subject to hydrolysis) is 1. The molecule has 0 spiro atoms. The van der Waals surface area contributed by atoms with E-state index in [0.717, 1.165) is 0 Å². The molecule has 0 aromatic heterocycles. The van der Waals surface area contributed by atoms with Crippen LogP contribution in [0, 0.1) is 0 Å². The number of carbonyl (C=O) groups excluding carboxylic acids is 1. The molecule has 0 aliphatic heterocycles. The Balaban J connectivity index is 3.71. The highest BCUT2D eigenvalue weighted by Crippen LogP contribution is 2.06. The number of hydrogen-bond acceptors (Lipinski definition) is 4. The second kappa shape index (κ2) is 6.32. The zero-order valence-electron chi connectivity index (χ0n) is 9.82. The van der Waals surface area contributed by atoms with Gasteiger partial charge in [-0.1, -0.05) is 0 Å². The molecule has 0 heterocycles. The zero-order chi connectivity index (χ0) is 12.8. The van der Waals surface area contributed by atoms with Gasteiger partial charge in [-0.25, -0.2) is 4.79 Å². The zero-order valence-corrected chi connectivity index (χ0v) is 9.82. The van der Waals surface area contributed by atoms with Gasteiger partial charge in [-0.2, -0.15) is 0 Å². The number of nitrogens with one attached hydrogen (secondary N) is 1. The Morgan fingerprint density at radius 2 is 1.94 bits per heavy atom. The Morgan fingerprint density at radius 1 is 1.38 bits per heavy atom. The lowest BCUT2D eigenvalue weighted by Gasteiger charge is -2.20.